The fourth-order valence-corrected chi connectivity index (χ4v) is 2.51. The minimum absolute atomic E-state index is 0.0512. The van der Waals surface area contributed by atoms with Gasteiger partial charge in [-0.25, -0.2) is 0 Å². The summed E-state index contributed by atoms with van der Waals surface area (Å²) in [5.74, 6) is -0.177. The number of rotatable bonds is 7. The first-order valence-corrected chi connectivity index (χ1v) is 8.09. The zero-order valence-corrected chi connectivity index (χ0v) is 13.8. The van der Waals surface area contributed by atoms with Crippen molar-refractivity contribution >= 4 is 22.6 Å². The third-order valence-corrected chi connectivity index (χ3v) is 3.94. The number of likely N-dealkylation sites (N-methyl/N-ethyl adjacent to an activating group) is 1. The molecule has 0 atom stereocenters. The van der Waals surface area contributed by atoms with Crippen molar-refractivity contribution in [3.8, 4) is 0 Å². The van der Waals surface area contributed by atoms with Crippen LogP contribution in [0.15, 0.2) is 42.5 Å². The smallest absolute Gasteiger partial charge is 0.241 e. The number of nitrogens with zero attached hydrogens (tertiary/aromatic N) is 1. The van der Waals surface area contributed by atoms with E-state index in [0.29, 0.717) is 0 Å². The third kappa shape index (κ3) is 4.81. The van der Waals surface area contributed by atoms with Crippen molar-refractivity contribution in [3.05, 3.63) is 48.0 Å². The van der Waals surface area contributed by atoms with E-state index in [1.54, 1.807) is 11.9 Å². The van der Waals surface area contributed by atoms with E-state index in [-0.39, 0.29) is 24.8 Å². The van der Waals surface area contributed by atoms with Gasteiger partial charge in [-0.2, -0.15) is 0 Å². The molecule has 0 heterocycles. The van der Waals surface area contributed by atoms with Gasteiger partial charge in [-0.05, 0) is 22.8 Å². The number of benzene rings is 2. The average Bonchev–Trinajstić information content (AvgIpc) is 2.57. The second-order valence-corrected chi connectivity index (χ2v) is 5.76. The molecule has 0 aliphatic carbocycles. The molecule has 0 saturated carbocycles. The Morgan fingerprint density at radius 3 is 2.61 bits per heavy atom. The summed E-state index contributed by atoms with van der Waals surface area (Å²) in [6, 6.07) is 13.9. The summed E-state index contributed by atoms with van der Waals surface area (Å²) in [6.07, 6.45) is 2.31. The van der Waals surface area contributed by atoms with E-state index in [0.717, 1.165) is 35.7 Å². The summed E-state index contributed by atoms with van der Waals surface area (Å²) < 4.78 is 0. The van der Waals surface area contributed by atoms with Gasteiger partial charge < -0.3 is 10.2 Å². The molecular formula is C19H24N2O2. The fraction of sp³-hybridized carbons (Fsp3) is 0.368. The summed E-state index contributed by atoms with van der Waals surface area (Å²) >= 11 is 0. The number of fused-ring (bicyclic) bond motifs is 1. The molecule has 2 amide bonds. The van der Waals surface area contributed by atoms with Crippen molar-refractivity contribution in [2.45, 2.75) is 26.2 Å². The number of unbranched alkanes of at least 4 members (excludes halogenated alkanes) is 1. The van der Waals surface area contributed by atoms with Gasteiger partial charge in [-0.15, -0.1) is 0 Å². The quantitative estimate of drug-likeness (QED) is 0.854. The summed E-state index contributed by atoms with van der Waals surface area (Å²) in [5.41, 5.74) is 0.979. The fourth-order valence-electron chi connectivity index (χ4n) is 2.51. The van der Waals surface area contributed by atoms with Crippen molar-refractivity contribution in [2.24, 2.45) is 0 Å². The van der Waals surface area contributed by atoms with Gasteiger partial charge >= 0.3 is 0 Å². The van der Waals surface area contributed by atoms with E-state index in [4.69, 9.17) is 0 Å². The van der Waals surface area contributed by atoms with Crippen molar-refractivity contribution in [2.75, 3.05) is 20.1 Å². The Hall–Kier alpha value is -2.36. The Labute approximate surface area is 137 Å². The molecule has 23 heavy (non-hydrogen) atoms. The summed E-state index contributed by atoms with van der Waals surface area (Å²) in [5, 5.41) is 4.92. The van der Waals surface area contributed by atoms with Crippen LogP contribution in [0.5, 0.6) is 0 Å². The highest BCUT2D eigenvalue weighted by Crippen LogP contribution is 2.18. The third-order valence-electron chi connectivity index (χ3n) is 3.94. The Morgan fingerprint density at radius 2 is 1.83 bits per heavy atom. The minimum Gasteiger partial charge on any atom is -0.347 e. The Morgan fingerprint density at radius 1 is 1.09 bits per heavy atom. The molecule has 2 rings (SSSR count). The zero-order valence-electron chi connectivity index (χ0n) is 13.8. The maximum absolute atomic E-state index is 12.1. The standard InChI is InChI=1S/C19H24N2O2/c1-3-4-12-21(2)19(23)14-20-18(22)13-16-10-7-9-15-8-5-6-11-17(15)16/h5-11H,3-4,12-14H2,1-2H3,(H,20,22). The van der Waals surface area contributed by atoms with Gasteiger partial charge in [0.2, 0.25) is 11.8 Å². The molecule has 0 saturated heterocycles. The molecule has 0 aromatic heterocycles. The SMILES string of the molecule is CCCCN(C)C(=O)CNC(=O)Cc1cccc2ccccc12. The molecule has 2 aromatic carbocycles. The monoisotopic (exact) mass is 312 g/mol. The zero-order chi connectivity index (χ0) is 16.7. The lowest BCUT2D eigenvalue weighted by molar-refractivity contribution is -0.131. The number of carbonyl (C=O) groups is 2. The molecule has 4 nitrogen and oxygen atoms in total. The van der Waals surface area contributed by atoms with E-state index >= 15 is 0 Å². The first kappa shape index (κ1) is 17.0. The topological polar surface area (TPSA) is 49.4 Å². The number of amides is 2. The van der Waals surface area contributed by atoms with Gasteiger partial charge in [0, 0.05) is 13.6 Å². The van der Waals surface area contributed by atoms with Crippen LogP contribution < -0.4 is 5.32 Å². The van der Waals surface area contributed by atoms with Gasteiger partial charge in [0.1, 0.15) is 0 Å². The molecule has 122 valence electrons. The molecule has 1 N–H and O–H groups in total. The van der Waals surface area contributed by atoms with Crippen LogP contribution in [0, 0.1) is 0 Å². The van der Waals surface area contributed by atoms with E-state index in [9.17, 15) is 9.59 Å². The second kappa shape index (κ2) is 8.32. The molecule has 2 aromatic rings. The number of nitrogens with one attached hydrogen (secondary N) is 1. The first-order chi connectivity index (χ1) is 11.1. The Kier molecular flexibility index (Phi) is 6.15. The highest BCUT2D eigenvalue weighted by atomic mass is 16.2. The Balaban J connectivity index is 1.90. The molecule has 0 bridgehead atoms. The molecule has 0 spiro atoms. The molecular weight excluding hydrogens is 288 g/mol. The van der Waals surface area contributed by atoms with Crippen molar-refractivity contribution in [1.82, 2.24) is 10.2 Å². The molecule has 0 unspecified atom stereocenters. The highest BCUT2D eigenvalue weighted by molar-refractivity contribution is 5.91. The van der Waals surface area contributed by atoms with E-state index < -0.39 is 0 Å². The van der Waals surface area contributed by atoms with Crippen LogP contribution in [-0.2, 0) is 16.0 Å². The van der Waals surface area contributed by atoms with Gasteiger partial charge in [-0.3, -0.25) is 9.59 Å². The van der Waals surface area contributed by atoms with Crippen LogP contribution >= 0.6 is 0 Å². The summed E-state index contributed by atoms with van der Waals surface area (Å²) in [7, 11) is 1.77. The molecule has 0 aliphatic rings. The predicted molar refractivity (Wildman–Crippen MR) is 93.2 cm³/mol. The lowest BCUT2D eigenvalue weighted by atomic mass is 10.0. The van der Waals surface area contributed by atoms with Crippen molar-refractivity contribution < 1.29 is 9.59 Å². The minimum atomic E-state index is -0.126. The maximum atomic E-state index is 12.1. The first-order valence-electron chi connectivity index (χ1n) is 8.09. The van der Waals surface area contributed by atoms with Crippen molar-refractivity contribution in [1.29, 1.82) is 0 Å². The predicted octanol–water partition coefficient (Wildman–Crippen LogP) is 2.76. The van der Waals surface area contributed by atoms with Gasteiger partial charge in [0.15, 0.2) is 0 Å². The van der Waals surface area contributed by atoms with Gasteiger partial charge in [0.25, 0.3) is 0 Å². The largest absolute Gasteiger partial charge is 0.347 e. The van der Waals surface area contributed by atoms with Crippen LogP contribution in [0.25, 0.3) is 10.8 Å². The highest BCUT2D eigenvalue weighted by Gasteiger charge is 2.11. The molecule has 0 radical (unpaired) electrons. The van der Waals surface area contributed by atoms with Gasteiger partial charge in [0.05, 0.1) is 13.0 Å². The normalized spacial score (nSPS) is 10.5. The van der Waals surface area contributed by atoms with E-state index in [1.807, 2.05) is 42.5 Å². The van der Waals surface area contributed by atoms with Crippen LogP contribution in [0.1, 0.15) is 25.3 Å². The van der Waals surface area contributed by atoms with Crippen LogP contribution in [0.4, 0.5) is 0 Å². The second-order valence-electron chi connectivity index (χ2n) is 5.76. The van der Waals surface area contributed by atoms with E-state index in [2.05, 4.69) is 12.2 Å². The maximum Gasteiger partial charge on any atom is 0.241 e. The average molecular weight is 312 g/mol. The van der Waals surface area contributed by atoms with Crippen molar-refractivity contribution in [3.63, 3.8) is 0 Å². The number of hydrogen-bond acceptors (Lipinski definition) is 2. The Bertz CT molecular complexity index is 677. The molecule has 0 aliphatic heterocycles. The van der Waals surface area contributed by atoms with Crippen LogP contribution in [0.2, 0.25) is 0 Å². The molecule has 0 fully saturated rings. The lowest BCUT2D eigenvalue weighted by Crippen LogP contribution is -2.39. The number of hydrogen-bond donors (Lipinski definition) is 1. The van der Waals surface area contributed by atoms with E-state index in [1.165, 1.54) is 0 Å². The summed E-state index contributed by atoms with van der Waals surface area (Å²) in [6.45, 7) is 2.88. The number of carbonyl (C=O) groups excluding carboxylic acids is 2. The van der Waals surface area contributed by atoms with Gasteiger partial charge in [-0.1, -0.05) is 55.8 Å². The lowest BCUT2D eigenvalue weighted by Gasteiger charge is -2.17. The molecule has 4 heteroatoms. The summed E-state index contributed by atoms with van der Waals surface area (Å²) in [4.78, 5) is 25.7. The van der Waals surface area contributed by atoms with Crippen LogP contribution in [0.3, 0.4) is 0 Å². The van der Waals surface area contributed by atoms with Crippen LogP contribution in [-0.4, -0.2) is 36.9 Å².